The first-order valence-corrected chi connectivity index (χ1v) is 7.16. The summed E-state index contributed by atoms with van der Waals surface area (Å²) in [6.07, 6.45) is 0. The number of hydrogen-bond acceptors (Lipinski definition) is 3. The number of methoxy groups -OCH3 is 1. The molecule has 1 amide bonds. The topological polar surface area (TPSA) is 38.3 Å². The molecule has 2 aromatic rings. The van der Waals surface area contributed by atoms with Gasteiger partial charge in [0.1, 0.15) is 5.82 Å². The SMILES string of the molecule is COCc1c(C(=O)NC(C)(C)C)sc2cccc(F)c12. The number of ether oxygens (including phenoxy) is 1. The lowest BCUT2D eigenvalue weighted by atomic mass is 10.1. The van der Waals surface area contributed by atoms with Crippen LogP contribution in [0, 0.1) is 5.82 Å². The molecule has 0 spiro atoms. The number of rotatable bonds is 3. The van der Waals surface area contributed by atoms with Crippen molar-refractivity contribution in [3.63, 3.8) is 0 Å². The number of amides is 1. The van der Waals surface area contributed by atoms with Crippen LogP contribution in [0.1, 0.15) is 36.0 Å². The number of nitrogens with one attached hydrogen (secondary N) is 1. The summed E-state index contributed by atoms with van der Waals surface area (Å²) in [7, 11) is 1.54. The molecule has 3 nitrogen and oxygen atoms in total. The molecule has 1 aromatic carbocycles. The molecule has 0 fully saturated rings. The molecule has 0 bridgehead atoms. The zero-order valence-electron chi connectivity index (χ0n) is 12.0. The Morgan fingerprint density at radius 2 is 2.10 bits per heavy atom. The number of thiophene rings is 1. The Morgan fingerprint density at radius 3 is 2.70 bits per heavy atom. The first kappa shape index (κ1) is 14.9. The van der Waals surface area contributed by atoms with Crippen LogP contribution in [0.3, 0.4) is 0 Å². The highest BCUT2D eigenvalue weighted by Gasteiger charge is 2.23. The van der Waals surface area contributed by atoms with Crippen LogP contribution in [0.4, 0.5) is 4.39 Å². The second kappa shape index (κ2) is 5.50. The van der Waals surface area contributed by atoms with Crippen molar-refractivity contribution in [3.8, 4) is 0 Å². The van der Waals surface area contributed by atoms with Gasteiger partial charge in [-0.05, 0) is 32.9 Å². The van der Waals surface area contributed by atoms with Crippen molar-refractivity contribution in [2.24, 2.45) is 0 Å². The fourth-order valence-corrected chi connectivity index (χ4v) is 3.15. The molecule has 0 aliphatic rings. The lowest BCUT2D eigenvalue weighted by Crippen LogP contribution is -2.40. The van der Waals surface area contributed by atoms with Crippen molar-refractivity contribution < 1.29 is 13.9 Å². The predicted molar refractivity (Wildman–Crippen MR) is 79.7 cm³/mol. The summed E-state index contributed by atoms with van der Waals surface area (Å²) >= 11 is 1.29. The van der Waals surface area contributed by atoms with Gasteiger partial charge < -0.3 is 10.1 Å². The fourth-order valence-electron chi connectivity index (χ4n) is 2.03. The van der Waals surface area contributed by atoms with Crippen LogP contribution in [0.2, 0.25) is 0 Å². The van der Waals surface area contributed by atoms with Gasteiger partial charge in [-0.15, -0.1) is 11.3 Å². The van der Waals surface area contributed by atoms with Gasteiger partial charge in [0.15, 0.2) is 0 Å². The molecule has 0 saturated heterocycles. The van der Waals surface area contributed by atoms with E-state index in [1.165, 1.54) is 24.5 Å². The monoisotopic (exact) mass is 295 g/mol. The van der Waals surface area contributed by atoms with Crippen LogP contribution in [0.15, 0.2) is 18.2 Å². The first-order valence-electron chi connectivity index (χ1n) is 6.35. The summed E-state index contributed by atoms with van der Waals surface area (Å²) in [6.45, 7) is 5.95. The van der Waals surface area contributed by atoms with Crippen molar-refractivity contribution in [3.05, 3.63) is 34.5 Å². The lowest BCUT2D eigenvalue weighted by molar-refractivity contribution is 0.0919. The third-order valence-electron chi connectivity index (χ3n) is 2.75. The normalized spacial score (nSPS) is 11.8. The average Bonchev–Trinajstić information content (AvgIpc) is 2.68. The number of carbonyl (C=O) groups is 1. The highest BCUT2D eigenvalue weighted by molar-refractivity contribution is 7.21. The molecule has 0 aliphatic heterocycles. The highest BCUT2D eigenvalue weighted by Crippen LogP contribution is 2.34. The van der Waals surface area contributed by atoms with E-state index in [9.17, 15) is 9.18 Å². The Morgan fingerprint density at radius 1 is 1.40 bits per heavy atom. The van der Waals surface area contributed by atoms with E-state index in [0.717, 1.165) is 4.70 Å². The molecule has 1 N–H and O–H groups in total. The van der Waals surface area contributed by atoms with Gasteiger partial charge in [0.2, 0.25) is 0 Å². The zero-order chi connectivity index (χ0) is 14.9. The van der Waals surface area contributed by atoms with E-state index < -0.39 is 0 Å². The molecule has 5 heteroatoms. The fraction of sp³-hybridized carbons (Fsp3) is 0.400. The first-order chi connectivity index (χ1) is 9.33. The Bertz CT molecular complexity index is 643. The molecule has 0 unspecified atom stereocenters. The van der Waals surface area contributed by atoms with Crippen LogP contribution in [0.5, 0.6) is 0 Å². The Hall–Kier alpha value is -1.46. The van der Waals surface area contributed by atoms with Crippen molar-refractivity contribution in [2.75, 3.05) is 7.11 Å². The molecule has 0 radical (unpaired) electrons. The summed E-state index contributed by atoms with van der Waals surface area (Å²) in [5, 5.41) is 3.39. The summed E-state index contributed by atoms with van der Waals surface area (Å²) in [4.78, 5) is 12.9. The molecule has 2 rings (SSSR count). The Balaban J connectivity index is 2.55. The summed E-state index contributed by atoms with van der Waals surface area (Å²) in [6, 6.07) is 4.87. The number of halogens is 1. The minimum absolute atomic E-state index is 0.190. The van der Waals surface area contributed by atoms with E-state index in [1.54, 1.807) is 6.07 Å². The van der Waals surface area contributed by atoms with Gasteiger partial charge in [-0.25, -0.2) is 4.39 Å². The third kappa shape index (κ3) is 2.99. The predicted octanol–water partition coefficient (Wildman–Crippen LogP) is 3.72. The number of fused-ring (bicyclic) bond motifs is 1. The molecule has 1 aromatic heterocycles. The van der Waals surface area contributed by atoms with Crippen molar-refractivity contribution in [2.45, 2.75) is 32.9 Å². The highest BCUT2D eigenvalue weighted by atomic mass is 32.1. The van der Waals surface area contributed by atoms with Gasteiger partial charge in [-0.2, -0.15) is 0 Å². The van der Waals surface area contributed by atoms with Crippen LogP contribution in [-0.4, -0.2) is 18.6 Å². The summed E-state index contributed by atoms with van der Waals surface area (Å²) in [5.41, 5.74) is 0.281. The number of hydrogen-bond donors (Lipinski definition) is 1. The van der Waals surface area contributed by atoms with Gasteiger partial charge in [-0.1, -0.05) is 6.07 Å². The molecule has 0 aliphatic carbocycles. The van der Waals surface area contributed by atoms with E-state index in [2.05, 4.69) is 5.32 Å². The maximum atomic E-state index is 14.0. The quantitative estimate of drug-likeness (QED) is 0.937. The van der Waals surface area contributed by atoms with Gasteiger partial charge in [0.05, 0.1) is 11.5 Å². The average molecular weight is 295 g/mol. The standard InChI is InChI=1S/C15H18FNO2S/c1-15(2,3)17-14(18)13-9(8-19-4)12-10(16)6-5-7-11(12)20-13/h5-7H,8H2,1-4H3,(H,17,18). The van der Waals surface area contributed by atoms with Crippen molar-refractivity contribution >= 4 is 27.3 Å². The molecular formula is C15H18FNO2S. The van der Waals surface area contributed by atoms with Crippen LogP contribution < -0.4 is 5.32 Å². The minimum Gasteiger partial charge on any atom is -0.380 e. The van der Waals surface area contributed by atoms with Crippen LogP contribution in [-0.2, 0) is 11.3 Å². The Labute approximate surface area is 121 Å². The van der Waals surface area contributed by atoms with Gasteiger partial charge in [0.25, 0.3) is 5.91 Å². The van der Waals surface area contributed by atoms with E-state index in [-0.39, 0.29) is 23.9 Å². The van der Waals surface area contributed by atoms with E-state index in [4.69, 9.17) is 4.74 Å². The third-order valence-corrected chi connectivity index (χ3v) is 3.94. The van der Waals surface area contributed by atoms with E-state index in [1.807, 2.05) is 26.8 Å². The smallest absolute Gasteiger partial charge is 0.262 e. The van der Waals surface area contributed by atoms with E-state index >= 15 is 0 Å². The largest absolute Gasteiger partial charge is 0.380 e. The lowest BCUT2D eigenvalue weighted by Gasteiger charge is -2.20. The maximum absolute atomic E-state index is 14.0. The van der Waals surface area contributed by atoms with Crippen LogP contribution in [0.25, 0.3) is 10.1 Å². The number of benzene rings is 1. The molecule has 0 saturated carbocycles. The zero-order valence-corrected chi connectivity index (χ0v) is 12.9. The van der Waals surface area contributed by atoms with Crippen LogP contribution >= 0.6 is 11.3 Å². The minimum atomic E-state index is -0.337. The van der Waals surface area contributed by atoms with Gasteiger partial charge in [-0.3, -0.25) is 4.79 Å². The van der Waals surface area contributed by atoms with Gasteiger partial charge in [0, 0.05) is 28.3 Å². The maximum Gasteiger partial charge on any atom is 0.262 e. The second-order valence-electron chi connectivity index (χ2n) is 5.66. The molecule has 0 atom stereocenters. The van der Waals surface area contributed by atoms with E-state index in [0.29, 0.717) is 15.8 Å². The van der Waals surface area contributed by atoms with Crippen molar-refractivity contribution in [1.82, 2.24) is 5.32 Å². The molecule has 20 heavy (non-hydrogen) atoms. The molecular weight excluding hydrogens is 277 g/mol. The number of carbonyl (C=O) groups excluding carboxylic acids is 1. The summed E-state index contributed by atoms with van der Waals surface area (Å²) < 4.78 is 19.9. The second-order valence-corrected chi connectivity index (χ2v) is 6.71. The Kier molecular flexibility index (Phi) is 4.11. The molecule has 108 valence electrons. The summed E-state index contributed by atoms with van der Waals surface area (Å²) in [5.74, 6) is -0.509. The molecule has 1 heterocycles. The van der Waals surface area contributed by atoms with Gasteiger partial charge >= 0.3 is 0 Å². The van der Waals surface area contributed by atoms with Crippen molar-refractivity contribution in [1.29, 1.82) is 0 Å².